The van der Waals surface area contributed by atoms with Gasteiger partial charge in [-0.05, 0) is 37.5 Å². The molecule has 0 atom stereocenters. The van der Waals surface area contributed by atoms with E-state index in [0.29, 0.717) is 10.9 Å². The highest BCUT2D eigenvalue weighted by Crippen LogP contribution is 2.48. The summed E-state index contributed by atoms with van der Waals surface area (Å²) in [6.07, 6.45) is -4.12. The first kappa shape index (κ1) is 17.5. The number of carbonyl (C=O) groups is 1. The molecule has 1 aromatic carbocycles. The van der Waals surface area contributed by atoms with Crippen LogP contribution in [0.2, 0.25) is 0 Å². The number of fused-ring (bicyclic) bond motifs is 1. The number of anilines is 1. The molecule has 1 saturated carbocycles. The molecule has 0 saturated heterocycles. The van der Waals surface area contributed by atoms with E-state index < -0.39 is 23.4 Å². The normalized spacial score (nSPS) is 26.3. The lowest BCUT2D eigenvalue weighted by Crippen LogP contribution is -2.55. The van der Waals surface area contributed by atoms with Crippen LogP contribution < -0.4 is 9.64 Å². The zero-order chi connectivity index (χ0) is 17.7. The van der Waals surface area contributed by atoms with Gasteiger partial charge in [0, 0.05) is 11.4 Å². The Balaban J connectivity index is 2.02. The Morgan fingerprint density at radius 3 is 2.62 bits per heavy atom. The molecule has 1 aliphatic carbocycles. The number of ether oxygens (including phenoxy) is 1. The SMILES string of the molecule is CC1(O)CC(N2C(=O)Cc3cc(OCCBr)cc(C(F)(F)F)c32)C1. The number of rotatable bonds is 4. The molecule has 24 heavy (non-hydrogen) atoms. The van der Waals surface area contributed by atoms with Gasteiger partial charge in [0.2, 0.25) is 5.91 Å². The van der Waals surface area contributed by atoms with Crippen molar-refractivity contribution in [3.05, 3.63) is 23.3 Å². The number of nitrogens with zero attached hydrogens (tertiary/aromatic N) is 1. The van der Waals surface area contributed by atoms with Crippen LogP contribution in [-0.2, 0) is 17.4 Å². The lowest BCUT2D eigenvalue weighted by Gasteiger charge is -2.46. The zero-order valence-electron chi connectivity index (χ0n) is 13.0. The molecule has 1 heterocycles. The van der Waals surface area contributed by atoms with Gasteiger partial charge in [-0.1, -0.05) is 15.9 Å². The van der Waals surface area contributed by atoms with Crippen LogP contribution in [0, 0.1) is 0 Å². The van der Waals surface area contributed by atoms with Crippen LogP contribution in [0.25, 0.3) is 0 Å². The molecule has 1 aliphatic heterocycles. The van der Waals surface area contributed by atoms with Crippen LogP contribution in [0.3, 0.4) is 0 Å². The first-order valence-electron chi connectivity index (χ1n) is 7.60. The number of amides is 1. The maximum atomic E-state index is 13.5. The van der Waals surface area contributed by atoms with Gasteiger partial charge in [-0.2, -0.15) is 13.2 Å². The van der Waals surface area contributed by atoms with Crippen LogP contribution in [0.1, 0.15) is 30.9 Å². The summed E-state index contributed by atoms with van der Waals surface area (Å²) in [6, 6.07) is 2.05. The minimum Gasteiger partial charge on any atom is -0.493 e. The van der Waals surface area contributed by atoms with E-state index in [1.165, 1.54) is 11.0 Å². The molecule has 4 nitrogen and oxygen atoms in total. The topological polar surface area (TPSA) is 49.8 Å². The number of halogens is 4. The minimum absolute atomic E-state index is 0.0808. The van der Waals surface area contributed by atoms with Crippen molar-refractivity contribution in [2.75, 3.05) is 16.8 Å². The van der Waals surface area contributed by atoms with Gasteiger partial charge in [-0.3, -0.25) is 4.79 Å². The highest BCUT2D eigenvalue weighted by Gasteiger charge is 2.49. The second kappa shape index (κ2) is 5.91. The molecule has 2 aliphatic rings. The first-order valence-corrected chi connectivity index (χ1v) is 8.72. The third-order valence-corrected chi connectivity index (χ3v) is 4.70. The maximum Gasteiger partial charge on any atom is 0.418 e. The van der Waals surface area contributed by atoms with Crippen molar-refractivity contribution in [3.8, 4) is 5.75 Å². The third kappa shape index (κ3) is 3.13. The van der Waals surface area contributed by atoms with Gasteiger partial charge in [-0.15, -0.1) is 0 Å². The highest BCUT2D eigenvalue weighted by atomic mass is 79.9. The lowest BCUT2D eigenvalue weighted by atomic mass is 9.76. The van der Waals surface area contributed by atoms with Crippen molar-refractivity contribution in [3.63, 3.8) is 0 Å². The number of hydrogen-bond donors (Lipinski definition) is 1. The van der Waals surface area contributed by atoms with Crippen LogP contribution >= 0.6 is 15.9 Å². The van der Waals surface area contributed by atoms with Crippen molar-refractivity contribution in [1.82, 2.24) is 0 Å². The fourth-order valence-electron chi connectivity index (χ4n) is 3.44. The largest absolute Gasteiger partial charge is 0.493 e. The summed E-state index contributed by atoms with van der Waals surface area (Å²) in [4.78, 5) is 13.5. The number of hydrogen-bond acceptors (Lipinski definition) is 3. The molecule has 0 bridgehead atoms. The Morgan fingerprint density at radius 2 is 2.08 bits per heavy atom. The monoisotopic (exact) mass is 407 g/mol. The maximum absolute atomic E-state index is 13.5. The van der Waals surface area contributed by atoms with Crippen LogP contribution in [0.5, 0.6) is 5.75 Å². The Bertz CT molecular complexity index is 667. The summed E-state index contributed by atoms with van der Waals surface area (Å²) in [6.45, 7) is 1.85. The van der Waals surface area contributed by atoms with Gasteiger partial charge < -0.3 is 14.7 Å². The molecule has 0 aromatic heterocycles. The van der Waals surface area contributed by atoms with E-state index in [2.05, 4.69) is 15.9 Å². The Hall–Kier alpha value is -1.28. The van der Waals surface area contributed by atoms with E-state index >= 15 is 0 Å². The average molecular weight is 408 g/mol. The molecule has 0 unspecified atom stereocenters. The minimum atomic E-state index is -4.59. The molecular formula is C16H17BrF3NO3. The third-order valence-electron chi connectivity index (χ3n) is 4.38. The Morgan fingerprint density at radius 1 is 1.42 bits per heavy atom. The number of alkyl halides is 4. The van der Waals surface area contributed by atoms with Gasteiger partial charge in [0.15, 0.2) is 0 Å². The second-order valence-electron chi connectivity index (χ2n) is 6.51. The summed E-state index contributed by atoms with van der Waals surface area (Å²) < 4.78 is 45.9. The van der Waals surface area contributed by atoms with E-state index in [0.717, 1.165) is 6.07 Å². The average Bonchev–Trinajstić information content (AvgIpc) is 2.75. The van der Waals surface area contributed by atoms with Crippen molar-refractivity contribution in [2.45, 2.75) is 44.0 Å². The Labute approximate surface area is 145 Å². The van der Waals surface area contributed by atoms with Crippen molar-refractivity contribution < 1.29 is 27.8 Å². The van der Waals surface area contributed by atoms with Gasteiger partial charge in [0.05, 0.1) is 29.9 Å². The summed E-state index contributed by atoms with van der Waals surface area (Å²) in [7, 11) is 0. The fourth-order valence-corrected chi connectivity index (χ4v) is 3.60. The van der Waals surface area contributed by atoms with E-state index in [-0.39, 0.29) is 43.2 Å². The molecule has 1 fully saturated rings. The number of aliphatic hydroxyl groups is 1. The highest BCUT2D eigenvalue weighted by molar-refractivity contribution is 9.09. The number of carbonyl (C=O) groups excluding carboxylic acids is 1. The fraction of sp³-hybridized carbons (Fsp3) is 0.562. The summed E-state index contributed by atoms with van der Waals surface area (Å²) >= 11 is 3.16. The molecule has 132 valence electrons. The molecule has 1 aromatic rings. The van der Waals surface area contributed by atoms with Crippen molar-refractivity contribution in [2.24, 2.45) is 0 Å². The van der Waals surface area contributed by atoms with E-state index in [4.69, 9.17) is 4.74 Å². The molecular weight excluding hydrogens is 391 g/mol. The van der Waals surface area contributed by atoms with Gasteiger partial charge in [0.25, 0.3) is 0 Å². The van der Waals surface area contributed by atoms with Crippen molar-refractivity contribution >= 4 is 27.5 Å². The summed E-state index contributed by atoms with van der Waals surface area (Å²) in [5, 5.41) is 10.4. The standard InChI is InChI=1S/C16H17BrF3NO3/c1-15(23)7-10(8-15)21-13(22)5-9-4-11(24-3-2-17)6-12(14(9)21)16(18,19)20/h4,6,10,23H,2-3,5,7-8H2,1H3. The molecule has 1 amide bonds. The molecule has 0 radical (unpaired) electrons. The number of benzene rings is 1. The molecule has 8 heteroatoms. The van der Waals surface area contributed by atoms with Gasteiger partial charge >= 0.3 is 6.18 Å². The van der Waals surface area contributed by atoms with E-state index in [1.807, 2.05) is 0 Å². The van der Waals surface area contributed by atoms with Gasteiger partial charge in [-0.25, -0.2) is 0 Å². The van der Waals surface area contributed by atoms with Crippen LogP contribution in [0.4, 0.5) is 18.9 Å². The smallest absolute Gasteiger partial charge is 0.418 e. The van der Waals surface area contributed by atoms with Crippen molar-refractivity contribution in [1.29, 1.82) is 0 Å². The second-order valence-corrected chi connectivity index (χ2v) is 7.31. The molecule has 1 N–H and O–H groups in total. The predicted molar refractivity (Wildman–Crippen MR) is 85.6 cm³/mol. The van der Waals surface area contributed by atoms with E-state index in [9.17, 15) is 23.1 Å². The molecule has 0 spiro atoms. The zero-order valence-corrected chi connectivity index (χ0v) is 14.6. The van der Waals surface area contributed by atoms with Gasteiger partial charge in [0.1, 0.15) is 5.75 Å². The lowest BCUT2D eigenvalue weighted by molar-refractivity contribution is -0.137. The van der Waals surface area contributed by atoms with Crippen LogP contribution in [0.15, 0.2) is 12.1 Å². The quantitative estimate of drug-likeness (QED) is 0.779. The first-order chi connectivity index (χ1) is 11.1. The molecule has 3 rings (SSSR count). The Kier molecular flexibility index (Phi) is 4.32. The van der Waals surface area contributed by atoms with Crippen LogP contribution in [-0.4, -0.2) is 34.6 Å². The van der Waals surface area contributed by atoms with E-state index in [1.54, 1.807) is 6.92 Å². The summed E-state index contributed by atoms with van der Waals surface area (Å²) in [5.74, 6) is -0.260. The predicted octanol–water partition coefficient (Wildman–Crippen LogP) is 3.28. The summed E-state index contributed by atoms with van der Waals surface area (Å²) in [5.41, 5.74) is -1.54.